The summed E-state index contributed by atoms with van der Waals surface area (Å²) in [5.74, 6) is 7.37. The number of allylic oxidation sites excluding steroid dienone is 10. The second-order valence-corrected chi connectivity index (χ2v) is 25.1. The van der Waals surface area contributed by atoms with Crippen molar-refractivity contribution in [2.45, 2.75) is 198 Å². The first-order valence-corrected chi connectivity index (χ1v) is 26.9. The summed E-state index contributed by atoms with van der Waals surface area (Å²) in [6, 6.07) is 0. The highest BCUT2D eigenvalue weighted by Crippen LogP contribution is 2.68. The number of hydrogen-bond acceptors (Lipinski definition) is 4. The Hall–Kier alpha value is -2.62. The first-order valence-electron chi connectivity index (χ1n) is 26.9. The molecule has 0 saturated heterocycles. The Morgan fingerprint density at radius 1 is 0.516 bits per heavy atom. The fourth-order valence-electron chi connectivity index (χ4n) is 16.1. The Morgan fingerprint density at radius 3 is 1.28 bits per heavy atom. The minimum Gasteiger partial charge on any atom is -0.462 e. The van der Waals surface area contributed by atoms with Gasteiger partial charge in [0.15, 0.2) is 0 Å². The van der Waals surface area contributed by atoms with Crippen LogP contribution in [0.2, 0.25) is 0 Å². The number of rotatable bonds is 13. The van der Waals surface area contributed by atoms with E-state index in [0.717, 1.165) is 50.4 Å². The molecule has 8 rings (SSSR count). The van der Waals surface area contributed by atoms with E-state index in [2.05, 4.69) is 132 Å². The van der Waals surface area contributed by atoms with Crippen molar-refractivity contribution in [3.05, 3.63) is 70.9 Å². The predicted molar refractivity (Wildman–Crippen MR) is 264 cm³/mol. The maximum atomic E-state index is 13.3. The highest BCUT2D eigenvalue weighted by atomic mass is 16.6. The molecule has 0 aliphatic heterocycles. The van der Waals surface area contributed by atoms with Gasteiger partial charge in [0.25, 0.3) is 0 Å². The molecule has 0 bridgehead atoms. The van der Waals surface area contributed by atoms with Crippen molar-refractivity contribution in [3.63, 3.8) is 0 Å². The van der Waals surface area contributed by atoms with Gasteiger partial charge in [-0.15, -0.1) is 0 Å². The molecule has 0 spiro atoms. The molecular weight excluding hydrogens is 785 g/mol. The monoisotopic (exact) mass is 875 g/mol. The van der Waals surface area contributed by atoms with Crippen molar-refractivity contribution in [1.29, 1.82) is 0 Å². The van der Waals surface area contributed by atoms with Crippen LogP contribution in [-0.2, 0) is 19.1 Å². The predicted octanol–water partition coefficient (Wildman–Crippen LogP) is 15.6. The van der Waals surface area contributed by atoms with Crippen LogP contribution in [0, 0.1) is 92.7 Å². The van der Waals surface area contributed by atoms with E-state index < -0.39 is 0 Å². The van der Waals surface area contributed by atoms with Gasteiger partial charge >= 0.3 is 11.9 Å². The summed E-state index contributed by atoms with van der Waals surface area (Å²) in [7, 11) is 0. The van der Waals surface area contributed by atoms with Crippen LogP contribution < -0.4 is 0 Å². The molecule has 0 aromatic carbocycles. The third-order valence-electron chi connectivity index (χ3n) is 21.1. The average Bonchev–Trinajstić information content (AvgIpc) is 3.80. The Morgan fingerprint density at radius 2 is 0.906 bits per heavy atom. The molecule has 354 valence electrons. The molecule has 0 aromatic rings. The van der Waals surface area contributed by atoms with Crippen molar-refractivity contribution in [2.75, 3.05) is 0 Å². The zero-order valence-electron chi connectivity index (χ0n) is 42.6. The minimum atomic E-state index is -0.257. The molecule has 4 nitrogen and oxygen atoms in total. The molecule has 0 radical (unpaired) electrons. The zero-order valence-corrected chi connectivity index (χ0v) is 42.6. The van der Waals surface area contributed by atoms with Gasteiger partial charge in [-0.2, -0.15) is 0 Å². The molecule has 0 aromatic heterocycles. The molecule has 8 aliphatic carbocycles. The van der Waals surface area contributed by atoms with E-state index in [4.69, 9.17) is 9.47 Å². The Balaban J connectivity index is 0.819. The van der Waals surface area contributed by atoms with E-state index in [1.165, 1.54) is 62.5 Å². The third kappa shape index (κ3) is 8.72. The standard InChI is InChI=1S/C60H90O4/c1-37(2)39(5)13-15-41(7)49-21-23-51-47-19-17-43-35-45(27-31-57(43,9)53(47)29-33-59(49,51)11)63-55(61)25-26-56(62)64-46-28-32-58(10)44(36-46)18-20-48-52-24-22-50(60(52,12)34-30-54(48)58)42(8)16-14-40(6)38(3)4/h13-20,37-42,45-46,49-54H,21-36H2,1-12H3/b15-13+,16-14+/t39?,40?,41-,42-,45+,46+,49?,50?,51?,52?,53?,54?,57+,58+,59-,60-/m1/s1. The second-order valence-electron chi connectivity index (χ2n) is 25.1. The van der Waals surface area contributed by atoms with Crippen LogP contribution in [0.4, 0.5) is 0 Å². The third-order valence-corrected chi connectivity index (χ3v) is 21.1. The fourth-order valence-corrected chi connectivity index (χ4v) is 16.1. The summed E-state index contributed by atoms with van der Waals surface area (Å²) in [6.07, 6.45) is 35.9. The number of hydrogen-bond donors (Lipinski definition) is 0. The molecule has 0 N–H and O–H groups in total. The highest BCUT2D eigenvalue weighted by molar-refractivity contribution is 5.78. The lowest BCUT2D eigenvalue weighted by Crippen LogP contribution is -2.46. The number of carbonyl (C=O) groups excluding carboxylic acids is 2. The van der Waals surface area contributed by atoms with Gasteiger partial charge in [-0.3, -0.25) is 9.59 Å². The summed E-state index contributed by atoms with van der Waals surface area (Å²) < 4.78 is 12.3. The van der Waals surface area contributed by atoms with E-state index in [1.54, 1.807) is 11.1 Å². The van der Waals surface area contributed by atoms with Crippen LogP contribution in [0.3, 0.4) is 0 Å². The average molecular weight is 875 g/mol. The first kappa shape index (κ1) is 47.9. The van der Waals surface area contributed by atoms with Gasteiger partial charge in [0.1, 0.15) is 12.2 Å². The van der Waals surface area contributed by atoms with Crippen molar-refractivity contribution in [2.24, 2.45) is 92.7 Å². The molecule has 4 heteroatoms. The van der Waals surface area contributed by atoms with E-state index in [9.17, 15) is 9.59 Å². The Bertz CT molecular complexity index is 1800. The lowest BCUT2D eigenvalue weighted by atomic mass is 9.50. The van der Waals surface area contributed by atoms with Gasteiger partial charge in [0, 0.05) is 12.8 Å². The molecule has 0 amide bonds. The van der Waals surface area contributed by atoms with Crippen LogP contribution in [-0.4, -0.2) is 24.1 Å². The molecule has 6 fully saturated rings. The van der Waals surface area contributed by atoms with E-state index in [-0.39, 0.29) is 47.8 Å². The molecule has 8 aliphatic rings. The van der Waals surface area contributed by atoms with Gasteiger partial charge < -0.3 is 9.47 Å². The smallest absolute Gasteiger partial charge is 0.306 e. The SMILES string of the molecule is CC(C)C(C)/C=C/[C@@H](C)C1CCC2C3=CC=C4C[C@@H](OC(=O)CCC(=O)O[C@H]5CC[C@@]6(C)C(=CC=C7C8CCC([C@H](C)/C=C/C(C)C(C)C)[C@@]8(C)CCC76)C5)CC[C@]4(C)C3CC[C@@]21C. The van der Waals surface area contributed by atoms with E-state index in [1.807, 2.05) is 0 Å². The second kappa shape index (κ2) is 18.5. The van der Waals surface area contributed by atoms with Crippen LogP contribution in [0.1, 0.15) is 186 Å². The molecule has 16 atom stereocenters. The minimum absolute atomic E-state index is 0.0946. The Kier molecular flexibility index (Phi) is 13.8. The molecule has 6 saturated carbocycles. The van der Waals surface area contributed by atoms with Crippen LogP contribution in [0.15, 0.2) is 70.9 Å². The number of carbonyl (C=O) groups is 2. The van der Waals surface area contributed by atoms with Crippen LogP contribution >= 0.6 is 0 Å². The number of esters is 2. The van der Waals surface area contributed by atoms with Gasteiger partial charge in [-0.25, -0.2) is 0 Å². The summed E-state index contributed by atoms with van der Waals surface area (Å²) >= 11 is 0. The number of ether oxygens (including phenoxy) is 2. The lowest BCUT2D eigenvalue weighted by Gasteiger charge is -2.55. The highest BCUT2D eigenvalue weighted by Gasteiger charge is 2.59. The summed E-state index contributed by atoms with van der Waals surface area (Å²) in [5.41, 5.74) is 7.41. The normalized spacial score (nSPS) is 41.0. The number of fused-ring (bicyclic) bond motifs is 10. The summed E-state index contributed by atoms with van der Waals surface area (Å²) in [6.45, 7) is 29.2. The quantitative estimate of drug-likeness (QED) is 0.137. The topological polar surface area (TPSA) is 52.6 Å². The van der Waals surface area contributed by atoms with E-state index >= 15 is 0 Å². The Labute approximate surface area is 391 Å². The maximum Gasteiger partial charge on any atom is 0.306 e. The fraction of sp³-hybridized carbons (Fsp3) is 0.767. The van der Waals surface area contributed by atoms with Gasteiger partial charge in [-0.1, -0.05) is 154 Å². The maximum absolute atomic E-state index is 13.3. The van der Waals surface area contributed by atoms with Crippen LogP contribution in [0.5, 0.6) is 0 Å². The lowest BCUT2D eigenvalue weighted by molar-refractivity contribution is -0.157. The van der Waals surface area contributed by atoms with E-state index in [0.29, 0.717) is 70.0 Å². The largest absolute Gasteiger partial charge is 0.462 e. The zero-order chi connectivity index (χ0) is 45.9. The molecule has 64 heavy (non-hydrogen) atoms. The first-order chi connectivity index (χ1) is 30.3. The van der Waals surface area contributed by atoms with Crippen molar-refractivity contribution in [3.8, 4) is 0 Å². The van der Waals surface area contributed by atoms with Gasteiger partial charge in [0.2, 0.25) is 0 Å². The summed E-state index contributed by atoms with van der Waals surface area (Å²) in [4.78, 5) is 26.5. The molecular formula is C60H90O4. The molecule has 0 heterocycles. The van der Waals surface area contributed by atoms with Crippen molar-refractivity contribution in [1.82, 2.24) is 0 Å². The van der Waals surface area contributed by atoms with Gasteiger partial charge in [0.05, 0.1) is 12.8 Å². The van der Waals surface area contributed by atoms with Crippen LogP contribution in [0.25, 0.3) is 0 Å². The van der Waals surface area contributed by atoms with Gasteiger partial charge in [-0.05, 0) is 170 Å². The molecule has 8 unspecified atom stereocenters. The van der Waals surface area contributed by atoms with Crippen molar-refractivity contribution >= 4 is 11.9 Å². The summed E-state index contributed by atoms with van der Waals surface area (Å²) in [5, 5.41) is 0. The van der Waals surface area contributed by atoms with Crippen molar-refractivity contribution < 1.29 is 19.1 Å².